The Labute approximate surface area is 105 Å². The van der Waals surface area contributed by atoms with E-state index in [1.54, 1.807) is 7.11 Å². The molecule has 0 aliphatic carbocycles. The van der Waals surface area contributed by atoms with E-state index in [2.05, 4.69) is 22.1 Å². The van der Waals surface area contributed by atoms with Gasteiger partial charge >= 0.3 is 0 Å². The average molecular weight is 241 g/mol. The van der Waals surface area contributed by atoms with E-state index in [4.69, 9.17) is 4.74 Å². The molecule has 1 aliphatic heterocycles. The molecule has 0 bridgehead atoms. The Morgan fingerprint density at radius 3 is 2.65 bits per heavy atom. The Morgan fingerprint density at radius 1 is 1.24 bits per heavy atom. The highest BCUT2D eigenvalue weighted by Crippen LogP contribution is 2.07. The van der Waals surface area contributed by atoms with Crippen molar-refractivity contribution in [1.29, 1.82) is 0 Å². The molecule has 1 heterocycles. The lowest BCUT2D eigenvalue weighted by Crippen LogP contribution is -2.39. The van der Waals surface area contributed by atoms with Crippen molar-refractivity contribution in [1.82, 2.24) is 10.2 Å². The minimum Gasteiger partial charge on any atom is -0.385 e. The van der Waals surface area contributed by atoms with Gasteiger partial charge in [-0.1, -0.05) is 0 Å². The second kappa shape index (κ2) is 9.28. The van der Waals surface area contributed by atoms with Crippen molar-refractivity contribution in [2.24, 2.45) is 4.99 Å². The first-order chi connectivity index (χ1) is 8.38. The number of nitrogens with zero attached hydrogens (tertiary/aromatic N) is 2. The van der Waals surface area contributed by atoms with E-state index in [1.165, 1.54) is 19.3 Å². The highest BCUT2D eigenvalue weighted by Gasteiger charge is 2.14. The minimum absolute atomic E-state index is 0.871. The molecule has 1 N–H and O–H groups in total. The van der Waals surface area contributed by atoms with Gasteiger partial charge in [-0.3, -0.25) is 4.99 Å². The Kier molecular flexibility index (Phi) is 7.80. The third kappa shape index (κ3) is 5.91. The molecule has 0 aromatic rings. The highest BCUT2D eigenvalue weighted by atomic mass is 16.5. The topological polar surface area (TPSA) is 36.9 Å². The number of rotatable bonds is 7. The number of hydrogen-bond acceptors (Lipinski definition) is 2. The van der Waals surface area contributed by atoms with E-state index in [0.29, 0.717) is 0 Å². The fourth-order valence-corrected chi connectivity index (χ4v) is 2.07. The molecule has 100 valence electrons. The zero-order chi connectivity index (χ0) is 12.3. The number of nitrogens with one attached hydrogen (secondary N) is 1. The minimum atomic E-state index is 0.871. The largest absolute Gasteiger partial charge is 0.385 e. The number of hydrogen-bond donors (Lipinski definition) is 1. The molecule has 4 heteroatoms. The van der Waals surface area contributed by atoms with E-state index in [0.717, 1.165) is 51.6 Å². The Morgan fingerprint density at radius 2 is 2.00 bits per heavy atom. The predicted octanol–water partition coefficient (Wildman–Crippen LogP) is 1.86. The number of unbranched alkanes of at least 4 members (excludes halogenated alkanes) is 2. The van der Waals surface area contributed by atoms with Gasteiger partial charge in [0.1, 0.15) is 0 Å². The highest BCUT2D eigenvalue weighted by molar-refractivity contribution is 5.80. The van der Waals surface area contributed by atoms with E-state index in [1.807, 2.05) is 0 Å². The summed E-state index contributed by atoms with van der Waals surface area (Å²) in [5, 5.41) is 3.38. The average Bonchev–Trinajstić information content (AvgIpc) is 2.86. The van der Waals surface area contributed by atoms with Crippen molar-refractivity contribution >= 4 is 5.96 Å². The van der Waals surface area contributed by atoms with Crippen LogP contribution in [0.1, 0.15) is 39.0 Å². The summed E-state index contributed by atoms with van der Waals surface area (Å²) in [5.41, 5.74) is 0. The van der Waals surface area contributed by atoms with E-state index < -0.39 is 0 Å². The van der Waals surface area contributed by atoms with Crippen LogP contribution in [0.5, 0.6) is 0 Å². The lowest BCUT2D eigenvalue weighted by Gasteiger charge is -2.20. The zero-order valence-electron chi connectivity index (χ0n) is 11.4. The molecule has 4 nitrogen and oxygen atoms in total. The molecule has 0 saturated carbocycles. The SMILES string of the molecule is CCNC(=NCCCCCOC)N1CCCC1. The molecular formula is C13H27N3O. The summed E-state index contributed by atoms with van der Waals surface area (Å²) >= 11 is 0. The molecule has 0 atom stereocenters. The van der Waals surface area contributed by atoms with Crippen LogP contribution in [0.15, 0.2) is 4.99 Å². The summed E-state index contributed by atoms with van der Waals surface area (Å²) in [5.74, 6) is 1.11. The quantitative estimate of drug-likeness (QED) is 0.420. The number of methoxy groups -OCH3 is 1. The summed E-state index contributed by atoms with van der Waals surface area (Å²) in [6.07, 6.45) is 6.12. The summed E-state index contributed by atoms with van der Waals surface area (Å²) in [7, 11) is 1.76. The van der Waals surface area contributed by atoms with Gasteiger partial charge in [-0.25, -0.2) is 0 Å². The van der Waals surface area contributed by atoms with Crippen molar-refractivity contribution in [3.05, 3.63) is 0 Å². The summed E-state index contributed by atoms with van der Waals surface area (Å²) in [6.45, 7) is 7.21. The maximum absolute atomic E-state index is 5.03. The van der Waals surface area contributed by atoms with Crippen molar-refractivity contribution in [3.8, 4) is 0 Å². The second-order valence-electron chi connectivity index (χ2n) is 4.48. The lowest BCUT2D eigenvalue weighted by atomic mass is 10.2. The Balaban J connectivity index is 2.21. The maximum atomic E-state index is 5.03. The van der Waals surface area contributed by atoms with Gasteiger partial charge in [-0.05, 0) is 39.0 Å². The van der Waals surface area contributed by atoms with Gasteiger partial charge in [0.2, 0.25) is 0 Å². The molecule has 0 aromatic heterocycles. The van der Waals surface area contributed by atoms with Crippen molar-refractivity contribution < 1.29 is 4.74 Å². The van der Waals surface area contributed by atoms with Gasteiger partial charge in [-0.2, -0.15) is 0 Å². The van der Waals surface area contributed by atoms with Crippen LogP contribution in [0.25, 0.3) is 0 Å². The summed E-state index contributed by atoms with van der Waals surface area (Å²) in [6, 6.07) is 0. The van der Waals surface area contributed by atoms with Crippen LogP contribution in [-0.2, 0) is 4.74 Å². The maximum Gasteiger partial charge on any atom is 0.193 e. The fraction of sp³-hybridized carbons (Fsp3) is 0.923. The predicted molar refractivity (Wildman–Crippen MR) is 72.5 cm³/mol. The molecular weight excluding hydrogens is 214 g/mol. The van der Waals surface area contributed by atoms with Gasteiger partial charge in [-0.15, -0.1) is 0 Å². The normalized spacial score (nSPS) is 16.6. The van der Waals surface area contributed by atoms with E-state index >= 15 is 0 Å². The standard InChI is InChI=1S/C13H27N3O/c1-3-14-13(16-10-6-7-11-16)15-9-5-4-8-12-17-2/h3-12H2,1-2H3,(H,14,15). The van der Waals surface area contributed by atoms with Crippen molar-refractivity contribution in [2.45, 2.75) is 39.0 Å². The first-order valence-corrected chi connectivity index (χ1v) is 6.90. The van der Waals surface area contributed by atoms with Crippen molar-refractivity contribution in [2.75, 3.05) is 39.9 Å². The third-order valence-electron chi connectivity index (χ3n) is 3.01. The van der Waals surface area contributed by atoms with Crippen LogP contribution < -0.4 is 5.32 Å². The van der Waals surface area contributed by atoms with Gasteiger partial charge in [0, 0.05) is 39.9 Å². The van der Waals surface area contributed by atoms with Crippen LogP contribution in [-0.4, -0.2) is 50.8 Å². The molecule has 0 amide bonds. The second-order valence-corrected chi connectivity index (χ2v) is 4.48. The monoisotopic (exact) mass is 241 g/mol. The first-order valence-electron chi connectivity index (χ1n) is 6.90. The molecule has 1 saturated heterocycles. The Bertz CT molecular complexity index is 213. The number of ether oxygens (including phenoxy) is 1. The van der Waals surface area contributed by atoms with Crippen LogP contribution in [0.3, 0.4) is 0 Å². The van der Waals surface area contributed by atoms with Gasteiger partial charge in [0.05, 0.1) is 0 Å². The number of aliphatic imine (C=N–C) groups is 1. The molecule has 1 fully saturated rings. The van der Waals surface area contributed by atoms with Gasteiger partial charge < -0.3 is 15.0 Å². The van der Waals surface area contributed by atoms with Gasteiger partial charge in [0.25, 0.3) is 0 Å². The first kappa shape index (κ1) is 14.3. The number of guanidine groups is 1. The van der Waals surface area contributed by atoms with Crippen LogP contribution in [0, 0.1) is 0 Å². The molecule has 1 rings (SSSR count). The molecule has 0 aromatic carbocycles. The smallest absolute Gasteiger partial charge is 0.193 e. The van der Waals surface area contributed by atoms with Crippen molar-refractivity contribution in [3.63, 3.8) is 0 Å². The molecule has 17 heavy (non-hydrogen) atoms. The van der Waals surface area contributed by atoms with Crippen LogP contribution >= 0.6 is 0 Å². The van der Waals surface area contributed by atoms with E-state index in [9.17, 15) is 0 Å². The lowest BCUT2D eigenvalue weighted by molar-refractivity contribution is 0.192. The summed E-state index contributed by atoms with van der Waals surface area (Å²) in [4.78, 5) is 7.06. The third-order valence-corrected chi connectivity index (χ3v) is 3.01. The van der Waals surface area contributed by atoms with Crippen LogP contribution in [0.2, 0.25) is 0 Å². The molecule has 0 radical (unpaired) electrons. The Hall–Kier alpha value is -0.770. The number of likely N-dealkylation sites (tertiary alicyclic amines) is 1. The zero-order valence-corrected chi connectivity index (χ0v) is 11.4. The molecule has 0 unspecified atom stereocenters. The fourth-order valence-electron chi connectivity index (χ4n) is 2.07. The van der Waals surface area contributed by atoms with E-state index in [-0.39, 0.29) is 0 Å². The van der Waals surface area contributed by atoms with Gasteiger partial charge in [0.15, 0.2) is 5.96 Å². The molecule has 1 aliphatic rings. The molecule has 0 spiro atoms. The van der Waals surface area contributed by atoms with Crippen LogP contribution in [0.4, 0.5) is 0 Å². The summed E-state index contributed by atoms with van der Waals surface area (Å²) < 4.78 is 5.03.